The number of nitrogens with two attached hydrogens (primary N) is 2. The van der Waals surface area contributed by atoms with E-state index in [4.69, 9.17) is 11.5 Å². The third-order valence-electron chi connectivity index (χ3n) is 1.82. The summed E-state index contributed by atoms with van der Waals surface area (Å²) >= 11 is 3.67. The Hall–Kier alpha value is -0.0600. The van der Waals surface area contributed by atoms with Crippen LogP contribution in [0, 0.1) is 5.92 Å². The summed E-state index contributed by atoms with van der Waals surface area (Å²) in [7, 11) is 0. The fourth-order valence-corrected chi connectivity index (χ4v) is 1.20. The predicted molar refractivity (Wildman–Crippen MR) is 49.4 cm³/mol. The molecule has 4 N–H and O–H groups in total. The normalized spacial score (nSPS) is 16.0. The van der Waals surface area contributed by atoms with Gasteiger partial charge in [-0.15, -0.1) is 12.6 Å². The van der Waals surface area contributed by atoms with Crippen molar-refractivity contribution in [3.8, 4) is 0 Å². The number of rotatable bonds is 5. The summed E-state index contributed by atoms with van der Waals surface area (Å²) in [6.07, 6.45) is 1.23. The second kappa shape index (κ2) is 5.57. The molecule has 66 valence electrons. The van der Waals surface area contributed by atoms with Gasteiger partial charge in [-0.25, -0.2) is 0 Å². The van der Waals surface area contributed by atoms with E-state index in [0.717, 1.165) is 6.42 Å². The number of hydrogen-bond acceptors (Lipinski definition) is 3. The van der Waals surface area contributed by atoms with Gasteiger partial charge < -0.3 is 11.5 Å². The highest BCUT2D eigenvalue weighted by Crippen LogP contribution is 2.09. The minimum Gasteiger partial charge on any atom is -0.330 e. The van der Waals surface area contributed by atoms with Gasteiger partial charge in [-0.05, 0) is 18.9 Å². The maximum atomic E-state index is 10.6. The number of carbonyl (C=O) groups is 1. The third kappa shape index (κ3) is 4.40. The van der Waals surface area contributed by atoms with E-state index in [-0.39, 0.29) is 17.1 Å². The summed E-state index contributed by atoms with van der Waals surface area (Å²) in [5.41, 5.74) is 11.1. The van der Waals surface area contributed by atoms with Crippen molar-refractivity contribution in [1.29, 1.82) is 0 Å². The molecule has 0 saturated carbocycles. The van der Waals surface area contributed by atoms with Crippen molar-refractivity contribution in [2.24, 2.45) is 17.4 Å². The summed E-state index contributed by atoms with van der Waals surface area (Å²) in [5, 5.41) is -0.135. The lowest BCUT2D eigenvalue weighted by atomic mass is 9.96. The first-order valence-corrected chi connectivity index (χ1v) is 4.24. The molecule has 0 aliphatic carbocycles. The lowest BCUT2D eigenvalue weighted by Gasteiger charge is -2.18. The van der Waals surface area contributed by atoms with Crippen molar-refractivity contribution in [3.63, 3.8) is 0 Å². The van der Waals surface area contributed by atoms with Crippen molar-refractivity contribution in [2.75, 3.05) is 6.54 Å². The Balaban J connectivity index is 3.84. The maximum Gasteiger partial charge on any atom is 0.186 e. The molecule has 0 heterocycles. The summed E-state index contributed by atoms with van der Waals surface area (Å²) in [5.74, 6) is 0.0880. The molecule has 0 aromatic rings. The van der Waals surface area contributed by atoms with Gasteiger partial charge in [0.15, 0.2) is 5.12 Å². The van der Waals surface area contributed by atoms with E-state index >= 15 is 0 Å². The first-order chi connectivity index (χ1) is 5.11. The number of hydrogen-bond donors (Lipinski definition) is 3. The van der Waals surface area contributed by atoms with E-state index in [0.29, 0.717) is 13.0 Å². The summed E-state index contributed by atoms with van der Waals surface area (Å²) < 4.78 is 0. The van der Waals surface area contributed by atoms with Crippen LogP contribution in [0.15, 0.2) is 0 Å². The average molecular weight is 176 g/mol. The SMILES string of the molecule is CCC(N)C(CN)CC(=O)S. The molecule has 2 atom stereocenters. The molecule has 0 saturated heterocycles. The Labute approximate surface area is 72.9 Å². The highest BCUT2D eigenvalue weighted by Gasteiger charge is 2.16. The molecule has 0 bridgehead atoms. The molecule has 11 heavy (non-hydrogen) atoms. The summed E-state index contributed by atoms with van der Waals surface area (Å²) in [6.45, 7) is 2.44. The van der Waals surface area contributed by atoms with Crippen LogP contribution < -0.4 is 11.5 Å². The zero-order valence-electron chi connectivity index (χ0n) is 6.79. The second-order valence-corrected chi connectivity index (χ2v) is 3.16. The average Bonchev–Trinajstić information content (AvgIpc) is 1.98. The monoisotopic (exact) mass is 176 g/mol. The molecular formula is C7H16N2OS. The largest absolute Gasteiger partial charge is 0.330 e. The van der Waals surface area contributed by atoms with Gasteiger partial charge in [0.05, 0.1) is 0 Å². The molecular weight excluding hydrogens is 160 g/mol. The van der Waals surface area contributed by atoms with E-state index in [2.05, 4.69) is 12.6 Å². The fraction of sp³-hybridized carbons (Fsp3) is 0.857. The Morgan fingerprint density at radius 3 is 2.45 bits per heavy atom. The van der Waals surface area contributed by atoms with E-state index in [9.17, 15) is 4.79 Å². The first kappa shape index (κ1) is 10.9. The molecule has 2 unspecified atom stereocenters. The standard InChI is InChI=1S/C7H16N2OS/c1-2-6(9)5(4-8)3-7(10)11/h5-6H,2-4,8-9H2,1H3,(H,10,11). The van der Waals surface area contributed by atoms with Crippen LogP contribution in [-0.2, 0) is 4.79 Å². The van der Waals surface area contributed by atoms with Crippen molar-refractivity contribution < 1.29 is 4.79 Å². The maximum absolute atomic E-state index is 10.6. The molecule has 0 fully saturated rings. The lowest BCUT2D eigenvalue weighted by Crippen LogP contribution is -2.35. The number of thiol groups is 1. The zero-order chi connectivity index (χ0) is 8.85. The van der Waals surface area contributed by atoms with Crippen molar-refractivity contribution in [3.05, 3.63) is 0 Å². The van der Waals surface area contributed by atoms with Gasteiger partial charge in [0, 0.05) is 12.5 Å². The Morgan fingerprint density at radius 2 is 2.18 bits per heavy atom. The molecule has 0 rings (SSSR count). The zero-order valence-corrected chi connectivity index (χ0v) is 7.68. The molecule has 0 radical (unpaired) electrons. The highest BCUT2D eigenvalue weighted by atomic mass is 32.1. The molecule has 0 amide bonds. The van der Waals surface area contributed by atoms with Gasteiger partial charge in [0.2, 0.25) is 0 Å². The van der Waals surface area contributed by atoms with Gasteiger partial charge in [0.1, 0.15) is 0 Å². The van der Waals surface area contributed by atoms with Gasteiger partial charge >= 0.3 is 0 Å². The van der Waals surface area contributed by atoms with E-state index in [1.54, 1.807) is 0 Å². The van der Waals surface area contributed by atoms with Crippen LogP contribution in [0.2, 0.25) is 0 Å². The van der Waals surface area contributed by atoms with Crippen molar-refractivity contribution in [1.82, 2.24) is 0 Å². The molecule has 0 aromatic heterocycles. The van der Waals surface area contributed by atoms with Crippen molar-refractivity contribution >= 4 is 17.7 Å². The van der Waals surface area contributed by atoms with Crippen LogP contribution in [0.4, 0.5) is 0 Å². The highest BCUT2D eigenvalue weighted by molar-refractivity contribution is 7.96. The number of carbonyl (C=O) groups excluding carboxylic acids is 1. The molecule has 0 aliphatic heterocycles. The topological polar surface area (TPSA) is 69.1 Å². The predicted octanol–water partition coefficient (Wildman–Crippen LogP) is 0.145. The van der Waals surface area contributed by atoms with Crippen LogP contribution in [-0.4, -0.2) is 17.7 Å². The van der Waals surface area contributed by atoms with Gasteiger partial charge in [0.25, 0.3) is 0 Å². The first-order valence-electron chi connectivity index (χ1n) is 3.79. The van der Waals surface area contributed by atoms with Gasteiger partial charge in [-0.3, -0.25) is 4.79 Å². The van der Waals surface area contributed by atoms with Crippen LogP contribution >= 0.6 is 12.6 Å². The quantitative estimate of drug-likeness (QED) is 0.522. The van der Waals surface area contributed by atoms with Gasteiger partial charge in [-0.2, -0.15) is 0 Å². The minimum atomic E-state index is -0.135. The van der Waals surface area contributed by atoms with E-state index in [1.165, 1.54) is 0 Å². The summed E-state index contributed by atoms with van der Waals surface area (Å²) in [4.78, 5) is 10.6. The van der Waals surface area contributed by atoms with Crippen LogP contribution in [0.1, 0.15) is 19.8 Å². The molecule has 4 heteroatoms. The van der Waals surface area contributed by atoms with Gasteiger partial charge in [-0.1, -0.05) is 6.92 Å². The smallest absolute Gasteiger partial charge is 0.186 e. The molecule has 0 spiro atoms. The molecule has 3 nitrogen and oxygen atoms in total. The summed E-state index contributed by atoms with van der Waals surface area (Å²) in [6, 6.07) is 0.0242. The third-order valence-corrected chi connectivity index (χ3v) is 2.00. The Morgan fingerprint density at radius 1 is 1.64 bits per heavy atom. The van der Waals surface area contributed by atoms with Crippen LogP contribution in [0.3, 0.4) is 0 Å². The van der Waals surface area contributed by atoms with E-state index in [1.807, 2.05) is 6.92 Å². The Bertz CT molecular complexity index is 130. The van der Waals surface area contributed by atoms with Crippen LogP contribution in [0.5, 0.6) is 0 Å². The molecule has 0 aromatic carbocycles. The van der Waals surface area contributed by atoms with Crippen LogP contribution in [0.25, 0.3) is 0 Å². The minimum absolute atomic E-state index is 0.0242. The Kier molecular flexibility index (Phi) is 5.54. The van der Waals surface area contributed by atoms with E-state index < -0.39 is 0 Å². The second-order valence-electron chi connectivity index (χ2n) is 2.67. The van der Waals surface area contributed by atoms with Crippen molar-refractivity contribution in [2.45, 2.75) is 25.8 Å². The fourth-order valence-electron chi connectivity index (χ4n) is 0.967. The lowest BCUT2D eigenvalue weighted by molar-refractivity contribution is -0.111. The molecule has 0 aliphatic rings.